The highest BCUT2D eigenvalue weighted by Gasteiger charge is 2.17. The van der Waals surface area contributed by atoms with Gasteiger partial charge >= 0.3 is 6.16 Å². The van der Waals surface area contributed by atoms with E-state index in [1.165, 1.54) is 0 Å². The molecule has 0 heterocycles. The van der Waals surface area contributed by atoms with Gasteiger partial charge in [0.25, 0.3) is 0 Å². The lowest BCUT2D eigenvalue weighted by molar-refractivity contribution is 0.0661. The summed E-state index contributed by atoms with van der Waals surface area (Å²) in [4.78, 5) is 13.7. The van der Waals surface area contributed by atoms with Crippen LogP contribution in [-0.4, -0.2) is 26.0 Å². The van der Waals surface area contributed by atoms with Crippen molar-refractivity contribution in [3.05, 3.63) is 54.6 Å². The second kappa shape index (κ2) is 8.08. The Kier molecular flexibility index (Phi) is 5.86. The van der Waals surface area contributed by atoms with E-state index in [0.717, 1.165) is 11.4 Å². The first-order chi connectivity index (χ1) is 11.1. The molecule has 0 fully saturated rings. The van der Waals surface area contributed by atoms with Gasteiger partial charge in [0.05, 0.1) is 6.61 Å². The molecule has 0 radical (unpaired) electrons. The summed E-state index contributed by atoms with van der Waals surface area (Å²) in [5, 5.41) is 0. The van der Waals surface area contributed by atoms with Gasteiger partial charge in [0.2, 0.25) is 0 Å². The summed E-state index contributed by atoms with van der Waals surface area (Å²) in [6.45, 7) is 4.31. The van der Waals surface area contributed by atoms with Crippen molar-refractivity contribution in [2.75, 3.05) is 18.6 Å². The molecular weight excluding hydrogens is 294 g/mol. The lowest BCUT2D eigenvalue weighted by Gasteiger charge is -2.26. The van der Waals surface area contributed by atoms with Gasteiger partial charge in [-0.15, -0.1) is 0 Å². The van der Waals surface area contributed by atoms with E-state index in [1.54, 1.807) is 31.2 Å². The number of hydrogen-bond acceptors (Lipinski definition) is 5. The normalized spacial score (nSPS) is 11.4. The molecule has 5 nitrogen and oxygen atoms in total. The van der Waals surface area contributed by atoms with Gasteiger partial charge in [-0.2, -0.15) is 0 Å². The fourth-order valence-electron chi connectivity index (χ4n) is 2.00. The number of nitrogens with zero attached hydrogens (tertiary/aromatic N) is 1. The Morgan fingerprint density at radius 1 is 1.09 bits per heavy atom. The van der Waals surface area contributed by atoms with E-state index in [-0.39, 0.29) is 0 Å². The third kappa shape index (κ3) is 4.92. The number of para-hydroxylation sites is 1. The summed E-state index contributed by atoms with van der Waals surface area (Å²) >= 11 is 0. The first-order valence-electron chi connectivity index (χ1n) is 7.49. The number of carbonyl (C=O) groups is 1. The standard InChI is InChI=1S/C18H21NO4/c1-4-21-17-12-8-9-15(13-17)19(3)14(2)22-18(20)23-16-10-6-5-7-11-16/h5-14H,4H2,1-3H3. The van der Waals surface area contributed by atoms with Crippen LogP contribution in [0.4, 0.5) is 10.5 Å². The Labute approximate surface area is 136 Å². The van der Waals surface area contributed by atoms with Crippen molar-refractivity contribution in [3.8, 4) is 11.5 Å². The molecule has 2 rings (SSSR count). The van der Waals surface area contributed by atoms with Crippen molar-refractivity contribution in [1.82, 2.24) is 0 Å². The third-order valence-corrected chi connectivity index (χ3v) is 3.29. The SMILES string of the molecule is CCOc1cccc(N(C)C(C)OC(=O)Oc2ccccc2)c1. The molecule has 0 amide bonds. The van der Waals surface area contributed by atoms with Crippen LogP contribution in [0.2, 0.25) is 0 Å². The molecule has 0 aliphatic carbocycles. The van der Waals surface area contributed by atoms with Crippen molar-refractivity contribution in [2.45, 2.75) is 20.1 Å². The van der Waals surface area contributed by atoms with Crippen LogP contribution < -0.4 is 14.4 Å². The number of hydrogen-bond donors (Lipinski definition) is 0. The lowest BCUT2D eigenvalue weighted by atomic mass is 10.2. The minimum atomic E-state index is -0.739. The van der Waals surface area contributed by atoms with Crippen molar-refractivity contribution in [2.24, 2.45) is 0 Å². The zero-order valence-electron chi connectivity index (χ0n) is 13.6. The molecule has 5 heteroatoms. The molecule has 1 atom stereocenters. The maximum atomic E-state index is 11.8. The van der Waals surface area contributed by atoms with Crippen LogP contribution in [0.1, 0.15) is 13.8 Å². The predicted octanol–water partition coefficient (Wildman–Crippen LogP) is 4.08. The first-order valence-corrected chi connectivity index (χ1v) is 7.49. The molecular formula is C18H21NO4. The van der Waals surface area contributed by atoms with Gasteiger partial charge in [0, 0.05) is 18.8 Å². The number of anilines is 1. The maximum absolute atomic E-state index is 11.8. The van der Waals surface area contributed by atoms with Crippen LogP contribution in [0.25, 0.3) is 0 Å². The first kappa shape index (κ1) is 16.7. The Bertz CT molecular complexity index is 630. The molecule has 0 aliphatic rings. The van der Waals surface area contributed by atoms with Crippen molar-refractivity contribution in [1.29, 1.82) is 0 Å². The minimum Gasteiger partial charge on any atom is -0.494 e. The van der Waals surface area contributed by atoms with E-state index in [9.17, 15) is 4.79 Å². The van der Waals surface area contributed by atoms with E-state index in [4.69, 9.17) is 14.2 Å². The van der Waals surface area contributed by atoms with Gasteiger partial charge in [-0.3, -0.25) is 0 Å². The van der Waals surface area contributed by atoms with Crippen molar-refractivity contribution in [3.63, 3.8) is 0 Å². The molecule has 0 saturated carbocycles. The Balaban J connectivity index is 1.95. The fraction of sp³-hybridized carbons (Fsp3) is 0.278. The van der Waals surface area contributed by atoms with Crippen LogP contribution in [-0.2, 0) is 4.74 Å². The molecule has 0 aromatic heterocycles. The largest absolute Gasteiger partial charge is 0.515 e. The van der Waals surface area contributed by atoms with E-state index >= 15 is 0 Å². The number of benzene rings is 2. The van der Waals surface area contributed by atoms with Gasteiger partial charge in [0.15, 0.2) is 6.23 Å². The molecule has 0 spiro atoms. The summed E-state index contributed by atoms with van der Waals surface area (Å²) in [5.74, 6) is 1.22. The molecule has 122 valence electrons. The van der Waals surface area contributed by atoms with Gasteiger partial charge in [-0.25, -0.2) is 4.79 Å². The summed E-state index contributed by atoms with van der Waals surface area (Å²) < 4.78 is 15.9. The molecule has 2 aromatic rings. The summed E-state index contributed by atoms with van der Waals surface area (Å²) in [6.07, 6.45) is -1.22. The molecule has 1 unspecified atom stereocenters. The van der Waals surface area contributed by atoms with Crippen molar-refractivity contribution < 1.29 is 19.0 Å². The Morgan fingerprint density at radius 3 is 2.48 bits per heavy atom. The Morgan fingerprint density at radius 2 is 1.78 bits per heavy atom. The molecule has 0 N–H and O–H groups in total. The van der Waals surface area contributed by atoms with Crippen LogP contribution in [0.5, 0.6) is 11.5 Å². The van der Waals surface area contributed by atoms with E-state index in [2.05, 4.69) is 0 Å². The highest BCUT2D eigenvalue weighted by Crippen LogP contribution is 2.22. The zero-order chi connectivity index (χ0) is 16.7. The van der Waals surface area contributed by atoms with E-state index in [1.807, 2.05) is 49.2 Å². The van der Waals surface area contributed by atoms with E-state index < -0.39 is 12.4 Å². The third-order valence-electron chi connectivity index (χ3n) is 3.29. The number of rotatable bonds is 6. The van der Waals surface area contributed by atoms with Gasteiger partial charge in [0.1, 0.15) is 11.5 Å². The van der Waals surface area contributed by atoms with Gasteiger partial charge < -0.3 is 19.1 Å². The van der Waals surface area contributed by atoms with Crippen LogP contribution in [0.3, 0.4) is 0 Å². The molecule has 2 aromatic carbocycles. The molecule has 0 aliphatic heterocycles. The smallest absolute Gasteiger partial charge is 0.494 e. The maximum Gasteiger partial charge on any atom is 0.515 e. The Hall–Kier alpha value is -2.69. The van der Waals surface area contributed by atoms with Crippen LogP contribution >= 0.6 is 0 Å². The average Bonchev–Trinajstić information content (AvgIpc) is 2.55. The molecule has 0 bridgehead atoms. The fourth-order valence-corrected chi connectivity index (χ4v) is 2.00. The second-order valence-corrected chi connectivity index (χ2v) is 4.92. The predicted molar refractivity (Wildman–Crippen MR) is 89.0 cm³/mol. The summed E-state index contributed by atoms with van der Waals surface area (Å²) in [6, 6.07) is 16.4. The van der Waals surface area contributed by atoms with Crippen molar-refractivity contribution >= 4 is 11.8 Å². The highest BCUT2D eigenvalue weighted by molar-refractivity contribution is 5.64. The minimum absolute atomic E-state index is 0.450. The van der Waals surface area contributed by atoms with Gasteiger partial charge in [-0.05, 0) is 38.1 Å². The van der Waals surface area contributed by atoms with Gasteiger partial charge in [-0.1, -0.05) is 24.3 Å². The summed E-state index contributed by atoms with van der Waals surface area (Å²) in [5.41, 5.74) is 0.885. The topological polar surface area (TPSA) is 48.0 Å². The quantitative estimate of drug-likeness (QED) is 0.456. The lowest BCUT2D eigenvalue weighted by Crippen LogP contribution is -2.34. The second-order valence-electron chi connectivity index (χ2n) is 4.92. The number of carbonyl (C=O) groups excluding carboxylic acids is 1. The van der Waals surface area contributed by atoms with E-state index in [0.29, 0.717) is 12.4 Å². The highest BCUT2D eigenvalue weighted by atomic mass is 16.7. The average molecular weight is 315 g/mol. The number of ether oxygens (including phenoxy) is 3. The van der Waals surface area contributed by atoms with Crippen LogP contribution in [0.15, 0.2) is 54.6 Å². The monoisotopic (exact) mass is 315 g/mol. The molecule has 23 heavy (non-hydrogen) atoms. The zero-order valence-corrected chi connectivity index (χ0v) is 13.6. The van der Waals surface area contributed by atoms with Crippen LogP contribution in [0, 0.1) is 0 Å². The molecule has 0 saturated heterocycles. The summed E-state index contributed by atoms with van der Waals surface area (Å²) in [7, 11) is 1.84.